The summed E-state index contributed by atoms with van der Waals surface area (Å²) in [5.41, 5.74) is -0.882. The van der Waals surface area contributed by atoms with Crippen molar-refractivity contribution in [2.45, 2.75) is 101 Å². The first kappa shape index (κ1) is 20.9. The monoisotopic (exact) mass is 415 g/mol. The summed E-state index contributed by atoms with van der Waals surface area (Å²) in [4.78, 5) is 40.8. The van der Waals surface area contributed by atoms with E-state index in [9.17, 15) is 14.4 Å². The third kappa shape index (κ3) is 4.40. The number of amides is 3. The maximum Gasteiger partial charge on any atom is 0.246 e. The maximum atomic E-state index is 13.7. The summed E-state index contributed by atoms with van der Waals surface area (Å²) in [7, 11) is 0. The zero-order valence-electron chi connectivity index (χ0n) is 17.7. The van der Waals surface area contributed by atoms with Crippen molar-refractivity contribution in [3.63, 3.8) is 0 Å². The molecule has 2 N–H and O–H groups in total. The van der Waals surface area contributed by atoms with E-state index in [4.69, 9.17) is 4.42 Å². The lowest BCUT2D eigenvalue weighted by Gasteiger charge is -2.46. The molecule has 3 aliphatic rings. The average molecular weight is 416 g/mol. The van der Waals surface area contributed by atoms with E-state index in [0.29, 0.717) is 31.4 Å². The predicted molar refractivity (Wildman–Crippen MR) is 111 cm³/mol. The van der Waals surface area contributed by atoms with Gasteiger partial charge in [0.25, 0.3) is 0 Å². The van der Waals surface area contributed by atoms with Crippen LogP contribution in [0.4, 0.5) is 0 Å². The summed E-state index contributed by atoms with van der Waals surface area (Å²) in [6.07, 6.45) is 12.1. The maximum absolute atomic E-state index is 13.7. The molecule has 2 saturated carbocycles. The van der Waals surface area contributed by atoms with Crippen LogP contribution in [0.15, 0.2) is 22.8 Å². The summed E-state index contributed by atoms with van der Waals surface area (Å²) < 4.78 is 5.55. The van der Waals surface area contributed by atoms with Crippen LogP contribution in [0.1, 0.15) is 82.8 Å². The number of carbonyl (C=O) groups is 3. The van der Waals surface area contributed by atoms with Gasteiger partial charge >= 0.3 is 0 Å². The summed E-state index contributed by atoms with van der Waals surface area (Å²) in [6, 6.07) is 3.26. The topological polar surface area (TPSA) is 91.7 Å². The quantitative estimate of drug-likeness (QED) is 0.747. The second-order valence-electron chi connectivity index (χ2n) is 9.06. The largest absolute Gasteiger partial charge is 0.467 e. The third-order valence-corrected chi connectivity index (χ3v) is 7.01. The van der Waals surface area contributed by atoms with Crippen LogP contribution in [0.3, 0.4) is 0 Å². The van der Waals surface area contributed by atoms with Gasteiger partial charge in [-0.05, 0) is 44.2 Å². The van der Waals surface area contributed by atoms with Gasteiger partial charge in [0.2, 0.25) is 17.7 Å². The fourth-order valence-corrected chi connectivity index (χ4v) is 5.31. The van der Waals surface area contributed by atoms with E-state index >= 15 is 0 Å². The van der Waals surface area contributed by atoms with Gasteiger partial charge < -0.3 is 20.0 Å². The Hall–Kier alpha value is -2.31. The second kappa shape index (κ2) is 9.23. The standard InChI is InChI=1S/C23H33N3O4/c27-20-12-11-19(25-20)21(28)26(16-18-10-7-15-30-18)23(13-5-2-6-14-23)22(29)24-17-8-3-1-4-9-17/h7,10,15,17,19H,1-6,8-9,11-14,16H2,(H,24,29)(H,25,27)/t19-/m1/s1. The number of hydrogen-bond acceptors (Lipinski definition) is 4. The Balaban J connectivity index is 1.62. The van der Waals surface area contributed by atoms with Crippen molar-refractivity contribution in [1.82, 2.24) is 15.5 Å². The number of rotatable bonds is 6. The third-order valence-electron chi connectivity index (χ3n) is 7.01. The highest BCUT2D eigenvalue weighted by molar-refractivity contribution is 5.96. The molecule has 1 aliphatic heterocycles. The number of furan rings is 1. The number of nitrogens with zero attached hydrogens (tertiary/aromatic N) is 1. The van der Waals surface area contributed by atoms with Crippen LogP contribution >= 0.6 is 0 Å². The molecular weight excluding hydrogens is 382 g/mol. The Bertz CT molecular complexity index is 749. The van der Waals surface area contributed by atoms with E-state index in [0.717, 1.165) is 44.9 Å². The average Bonchev–Trinajstić information content (AvgIpc) is 3.44. The summed E-state index contributed by atoms with van der Waals surface area (Å²) in [5, 5.41) is 6.09. The van der Waals surface area contributed by atoms with E-state index in [2.05, 4.69) is 10.6 Å². The van der Waals surface area contributed by atoms with Crippen molar-refractivity contribution in [3.8, 4) is 0 Å². The molecule has 164 valence electrons. The molecule has 0 bridgehead atoms. The number of carbonyl (C=O) groups excluding carboxylic acids is 3. The van der Waals surface area contributed by atoms with Crippen molar-refractivity contribution < 1.29 is 18.8 Å². The lowest BCUT2D eigenvalue weighted by atomic mass is 9.78. The number of hydrogen-bond donors (Lipinski definition) is 2. The van der Waals surface area contributed by atoms with E-state index in [1.807, 2.05) is 6.07 Å². The minimum absolute atomic E-state index is 0.0293. The highest BCUT2D eigenvalue weighted by Crippen LogP contribution is 2.37. The van der Waals surface area contributed by atoms with Gasteiger partial charge in [0.1, 0.15) is 17.3 Å². The highest BCUT2D eigenvalue weighted by atomic mass is 16.3. The molecule has 0 radical (unpaired) electrons. The molecule has 30 heavy (non-hydrogen) atoms. The zero-order chi connectivity index (χ0) is 21.0. The van der Waals surface area contributed by atoms with Crippen molar-refractivity contribution >= 4 is 17.7 Å². The van der Waals surface area contributed by atoms with Gasteiger partial charge in [-0.3, -0.25) is 14.4 Å². The summed E-state index contributed by atoms with van der Waals surface area (Å²) >= 11 is 0. The molecule has 0 unspecified atom stereocenters. The number of nitrogens with one attached hydrogen (secondary N) is 2. The molecule has 1 atom stereocenters. The predicted octanol–water partition coefficient (Wildman–Crippen LogP) is 3.04. The lowest BCUT2D eigenvalue weighted by Crippen LogP contribution is -2.64. The minimum atomic E-state index is -0.882. The molecule has 0 spiro atoms. The van der Waals surface area contributed by atoms with E-state index < -0.39 is 11.6 Å². The molecule has 7 heteroatoms. The van der Waals surface area contributed by atoms with Crippen molar-refractivity contribution in [3.05, 3.63) is 24.2 Å². The molecule has 3 amide bonds. The van der Waals surface area contributed by atoms with Crippen LogP contribution in [0.25, 0.3) is 0 Å². The second-order valence-corrected chi connectivity index (χ2v) is 9.06. The van der Waals surface area contributed by atoms with Crippen molar-refractivity contribution in [2.24, 2.45) is 0 Å². The smallest absolute Gasteiger partial charge is 0.246 e. The zero-order valence-corrected chi connectivity index (χ0v) is 17.7. The van der Waals surface area contributed by atoms with Crippen LogP contribution in [-0.2, 0) is 20.9 Å². The molecule has 1 aromatic heterocycles. The van der Waals surface area contributed by atoms with Crippen LogP contribution in [0.5, 0.6) is 0 Å². The Kier molecular flexibility index (Phi) is 6.44. The first-order chi connectivity index (χ1) is 14.6. The van der Waals surface area contributed by atoms with Gasteiger partial charge in [-0.1, -0.05) is 38.5 Å². The Morgan fingerprint density at radius 3 is 2.47 bits per heavy atom. The van der Waals surface area contributed by atoms with Crippen LogP contribution < -0.4 is 10.6 Å². The van der Waals surface area contributed by atoms with Crippen molar-refractivity contribution in [1.29, 1.82) is 0 Å². The first-order valence-corrected chi connectivity index (χ1v) is 11.5. The Morgan fingerprint density at radius 2 is 1.83 bits per heavy atom. The molecule has 1 saturated heterocycles. The van der Waals surface area contributed by atoms with Gasteiger partial charge in [0.15, 0.2) is 0 Å². The van der Waals surface area contributed by atoms with Gasteiger partial charge in [-0.2, -0.15) is 0 Å². The minimum Gasteiger partial charge on any atom is -0.467 e. The Morgan fingerprint density at radius 1 is 1.10 bits per heavy atom. The molecular formula is C23H33N3O4. The summed E-state index contributed by atoms with van der Waals surface area (Å²) in [5.74, 6) is 0.356. The van der Waals surface area contributed by atoms with Gasteiger partial charge in [-0.25, -0.2) is 0 Å². The van der Waals surface area contributed by atoms with Gasteiger partial charge in [-0.15, -0.1) is 0 Å². The van der Waals surface area contributed by atoms with Crippen LogP contribution in [-0.4, -0.2) is 40.2 Å². The highest BCUT2D eigenvalue weighted by Gasteiger charge is 2.49. The molecule has 4 rings (SSSR count). The molecule has 1 aromatic rings. The van der Waals surface area contributed by atoms with Crippen LogP contribution in [0, 0.1) is 0 Å². The molecule has 3 fully saturated rings. The molecule has 2 aliphatic carbocycles. The van der Waals surface area contributed by atoms with E-state index in [1.165, 1.54) is 6.42 Å². The molecule has 2 heterocycles. The van der Waals surface area contributed by atoms with Gasteiger partial charge in [0, 0.05) is 12.5 Å². The SMILES string of the molecule is O=C1CC[C@H](C(=O)N(Cc2ccco2)C2(C(=O)NC3CCCCC3)CCCCC2)N1. The Labute approximate surface area is 177 Å². The van der Waals surface area contributed by atoms with E-state index in [-0.39, 0.29) is 30.3 Å². The van der Waals surface area contributed by atoms with E-state index in [1.54, 1.807) is 17.2 Å². The van der Waals surface area contributed by atoms with Crippen molar-refractivity contribution in [2.75, 3.05) is 0 Å². The fraction of sp³-hybridized carbons (Fsp3) is 0.696. The molecule has 7 nitrogen and oxygen atoms in total. The molecule has 0 aromatic carbocycles. The van der Waals surface area contributed by atoms with Crippen LogP contribution in [0.2, 0.25) is 0 Å². The van der Waals surface area contributed by atoms with Gasteiger partial charge in [0.05, 0.1) is 12.8 Å². The normalized spacial score (nSPS) is 24.3. The fourth-order valence-electron chi connectivity index (χ4n) is 5.31. The first-order valence-electron chi connectivity index (χ1n) is 11.5. The summed E-state index contributed by atoms with van der Waals surface area (Å²) in [6.45, 7) is 0.246. The lowest BCUT2D eigenvalue weighted by molar-refractivity contribution is -0.153.